The Bertz CT molecular complexity index is 630. The molecule has 0 bridgehead atoms. The topological polar surface area (TPSA) is 74.6 Å². The van der Waals surface area contributed by atoms with Gasteiger partial charge in [0, 0.05) is 24.7 Å². The highest BCUT2D eigenvalue weighted by molar-refractivity contribution is 5.95. The van der Waals surface area contributed by atoms with Gasteiger partial charge in [0.05, 0.1) is 5.56 Å². The van der Waals surface area contributed by atoms with Gasteiger partial charge in [-0.25, -0.2) is 4.79 Å². The zero-order valence-electron chi connectivity index (χ0n) is 16.2. The molecule has 6 nitrogen and oxygen atoms in total. The molecular weight excluding hydrogens is 318 g/mol. The number of hydrogen-bond acceptors (Lipinski definition) is 3. The molecule has 2 heterocycles. The van der Waals surface area contributed by atoms with Gasteiger partial charge >= 0.3 is 6.03 Å². The minimum Gasteiger partial charge on any atom is -0.466 e. The van der Waals surface area contributed by atoms with Gasteiger partial charge in [-0.05, 0) is 66.4 Å². The number of furan rings is 1. The van der Waals surface area contributed by atoms with Crippen LogP contribution in [0.4, 0.5) is 4.79 Å². The lowest BCUT2D eigenvalue weighted by Gasteiger charge is -2.36. The third-order valence-electron chi connectivity index (χ3n) is 4.57. The highest BCUT2D eigenvalue weighted by atomic mass is 16.3. The summed E-state index contributed by atoms with van der Waals surface area (Å²) in [6, 6.07) is 1.65. The van der Waals surface area contributed by atoms with Crippen LogP contribution >= 0.6 is 0 Å². The first kappa shape index (κ1) is 19.3. The van der Waals surface area contributed by atoms with Gasteiger partial charge in [-0.15, -0.1) is 0 Å². The van der Waals surface area contributed by atoms with Crippen LogP contribution in [0.1, 0.15) is 62.4 Å². The molecule has 1 aliphatic heterocycles. The Morgan fingerprint density at radius 2 is 2.00 bits per heavy atom. The molecule has 0 unspecified atom stereocenters. The first-order valence-corrected chi connectivity index (χ1v) is 9.02. The van der Waals surface area contributed by atoms with Crippen LogP contribution in [-0.4, -0.2) is 41.5 Å². The van der Waals surface area contributed by atoms with E-state index in [-0.39, 0.29) is 29.4 Å². The number of likely N-dealkylation sites (tertiary alicyclic amines) is 1. The predicted octanol–water partition coefficient (Wildman–Crippen LogP) is 3.23. The first-order chi connectivity index (χ1) is 11.6. The number of urea groups is 1. The predicted molar refractivity (Wildman–Crippen MR) is 97.7 cm³/mol. The van der Waals surface area contributed by atoms with Gasteiger partial charge in [0.1, 0.15) is 11.5 Å². The molecule has 1 fully saturated rings. The SMILES string of the molecule is Cc1cc(C(=O)N2CCC[C@H]([C@@H](C)NC(=O)NC(C)(C)C)C2)c(C)o1. The molecule has 3 amide bonds. The maximum absolute atomic E-state index is 12.8. The molecule has 1 aromatic heterocycles. The molecule has 2 N–H and O–H groups in total. The smallest absolute Gasteiger partial charge is 0.315 e. The van der Waals surface area contributed by atoms with Crippen molar-refractivity contribution in [3.63, 3.8) is 0 Å². The summed E-state index contributed by atoms with van der Waals surface area (Å²) in [7, 11) is 0. The highest BCUT2D eigenvalue weighted by Gasteiger charge is 2.30. The Balaban J connectivity index is 1.97. The molecule has 140 valence electrons. The van der Waals surface area contributed by atoms with Gasteiger partial charge in [-0.2, -0.15) is 0 Å². The summed E-state index contributed by atoms with van der Waals surface area (Å²) in [5.41, 5.74) is 0.374. The average molecular weight is 349 g/mol. The number of aryl methyl sites for hydroxylation is 2. The van der Waals surface area contributed by atoms with Crippen LogP contribution in [0.25, 0.3) is 0 Å². The molecule has 2 rings (SSSR count). The van der Waals surface area contributed by atoms with Crippen molar-refractivity contribution in [1.29, 1.82) is 0 Å². The van der Waals surface area contributed by atoms with E-state index in [9.17, 15) is 9.59 Å². The lowest BCUT2D eigenvalue weighted by Crippen LogP contribution is -2.53. The van der Waals surface area contributed by atoms with Crippen LogP contribution < -0.4 is 10.6 Å². The summed E-state index contributed by atoms with van der Waals surface area (Å²) in [5, 5.41) is 5.93. The molecular formula is C19H31N3O3. The summed E-state index contributed by atoms with van der Waals surface area (Å²) < 4.78 is 5.49. The minimum absolute atomic E-state index is 0.00475. The molecule has 6 heteroatoms. The maximum atomic E-state index is 12.8. The average Bonchev–Trinajstić information content (AvgIpc) is 2.83. The standard InChI is InChI=1S/C19H31N3O3/c1-12-10-16(14(3)25-12)17(23)22-9-7-8-15(11-22)13(2)20-18(24)21-19(4,5)6/h10,13,15H,7-9,11H2,1-6H3,(H2,20,21,24)/t13-,15+/m1/s1. The summed E-state index contributed by atoms with van der Waals surface area (Å²) >= 11 is 0. The van der Waals surface area contributed by atoms with E-state index in [1.54, 1.807) is 6.07 Å². The van der Waals surface area contributed by atoms with Gasteiger partial charge in [0.25, 0.3) is 5.91 Å². The molecule has 0 radical (unpaired) electrons. The zero-order chi connectivity index (χ0) is 18.8. The van der Waals surface area contributed by atoms with E-state index in [4.69, 9.17) is 4.42 Å². The van der Waals surface area contributed by atoms with E-state index in [0.717, 1.165) is 25.1 Å². The molecule has 0 spiro atoms. The molecule has 2 atom stereocenters. The molecule has 25 heavy (non-hydrogen) atoms. The van der Waals surface area contributed by atoms with Crippen molar-refractivity contribution in [3.8, 4) is 0 Å². The quantitative estimate of drug-likeness (QED) is 0.880. The molecule has 0 aliphatic carbocycles. The third-order valence-corrected chi connectivity index (χ3v) is 4.57. The molecule has 1 aliphatic rings. The van der Waals surface area contributed by atoms with Crippen molar-refractivity contribution in [2.45, 2.75) is 66.0 Å². The fourth-order valence-corrected chi connectivity index (χ4v) is 3.32. The van der Waals surface area contributed by atoms with Crippen LogP contribution in [0.2, 0.25) is 0 Å². The van der Waals surface area contributed by atoms with Crippen molar-refractivity contribution in [1.82, 2.24) is 15.5 Å². The van der Waals surface area contributed by atoms with Crippen molar-refractivity contribution in [2.75, 3.05) is 13.1 Å². The van der Waals surface area contributed by atoms with Crippen molar-refractivity contribution in [2.24, 2.45) is 5.92 Å². The van der Waals surface area contributed by atoms with Crippen LogP contribution in [0, 0.1) is 19.8 Å². The van der Waals surface area contributed by atoms with Gasteiger partial charge in [0.15, 0.2) is 0 Å². The van der Waals surface area contributed by atoms with Crippen molar-refractivity contribution >= 4 is 11.9 Å². The van der Waals surface area contributed by atoms with Gasteiger partial charge < -0.3 is 20.0 Å². The molecule has 0 aromatic carbocycles. The molecule has 1 saturated heterocycles. The summed E-state index contributed by atoms with van der Waals surface area (Å²) in [5.74, 6) is 1.69. The second-order valence-electron chi connectivity index (χ2n) is 8.12. The summed E-state index contributed by atoms with van der Waals surface area (Å²) in [6.45, 7) is 12.9. The first-order valence-electron chi connectivity index (χ1n) is 9.02. The number of rotatable bonds is 3. The van der Waals surface area contributed by atoms with E-state index in [1.807, 2.05) is 46.4 Å². The third kappa shape index (κ3) is 5.25. The fraction of sp³-hybridized carbons (Fsp3) is 0.684. The minimum atomic E-state index is -0.269. The van der Waals surface area contributed by atoms with Gasteiger partial charge in [0.2, 0.25) is 0 Å². The monoisotopic (exact) mass is 349 g/mol. The van der Waals surface area contributed by atoms with E-state index < -0.39 is 0 Å². The number of hydrogen-bond donors (Lipinski definition) is 2. The van der Waals surface area contributed by atoms with E-state index >= 15 is 0 Å². The highest BCUT2D eigenvalue weighted by Crippen LogP contribution is 2.23. The van der Waals surface area contributed by atoms with Crippen LogP contribution in [0.5, 0.6) is 0 Å². The number of nitrogens with zero attached hydrogens (tertiary/aromatic N) is 1. The normalized spacial score (nSPS) is 19.4. The number of amides is 3. The van der Waals surface area contributed by atoms with Crippen LogP contribution in [0.3, 0.4) is 0 Å². The Kier molecular flexibility index (Phi) is 5.80. The van der Waals surface area contributed by atoms with Gasteiger partial charge in [-0.3, -0.25) is 4.79 Å². The zero-order valence-corrected chi connectivity index (χ0v) is 16.2. The van der Waals surface area contributed by atoms with Crippen LogP contribution in [0.15, 0.2) is 10.5 Å². The lowest BCUT2D eigenvalue weighted by atomic mass is 9.91. The summed E-state index contributed by atoms with van der Waals surface area (Å²) in [6.07, 6.45) is 1.95. The largest absolute Gasteiger partial charge is 0.466 e. The number of carbonyl (C=O) groups is 2. The molecule has 1 aromatic rings. The number of carbonyl (C=O) groups excluding carboxylic acids is 2. The number of nitrogens with one attached hydrogen (secondary N) is 2. The van der Waals surface area contributed by atoms with Crippen LogP contribution in [-0.2, 0) is 0 Å². The Morgan fingerprint density at radius 1 is 1.32 bits per heavy atom. The lowest BCUT2D eigenvalue weighted by molar-refractivity contribution is 0.0652. The Labute approximate surface area is 150 Å². The summed E-state index contributed by atoms with van der Waals surface area (Å²) in [4.78, 5) is 26.7. The Morgan fingerprint density at radius 3 is 2.56 bits per heavy atom. The van der Waals surface area contributed by atoms with E-state index in [0.29, 0.717) is 17.9 Å². The second-order valence-corrected chi connectivity index (χ2v) is 8.12. The Hall–Kier alpha value is -1.98. The maximum Gasteiger partial charge on any atom is 0.315 e. The number of piperidine rings is 1. The van der Waals surface area contributed by atoms with Crippen molar-refractivity contribution < 1.29 is 14.0 Å². The van der Waals surface area contributed by atoms with E-state index in [2.05, 4.69) is 10.6 Å². The second kappa shape index (κ2) is 7.50. The fourth-order valence-electron chi connectivity index (χ4n) is 3.32. The van der Waals surface area contributed by atoms with Gasteiger partial charge in [-0.1, -0.05) is 0 Å². The molecule has 0 saturated carbocycles. The van der Waals surface area contributed by atoms with E-state index in [1.165, 1.54) is 0 Å². The van der Waals surface area contributed by atoms with Crippen molar-refractivity contribution in [3.05, 3.63) is 23.2 Å².